The van der Waals surface area contributed by atoms with E-state index in [-0.39, 0.29) is 24.3 Å². The number of nitrogens with two attached hydrogens (primary N) is 1. The van der Waals surface area contributed by atoms with E-state index in [1.54, 1.807) is 19.1 Å². The molecule has 23 heavy (non-hydrogen) atoms. The van der Waals surface area contributed by atoms with Crippen molar-refractivity contribution in [2.45, 2.75) is 19.9 Å². The Morgan fingerprint density at radius 2 is 2.04 bits per heavy atom. The minimum absolute atomic E-state index is 0.0734. The Morgan fingerprint density at radius 3 is 2.70 bits per heavy atom. The van der Waals surface area contributed by atoms with Crippen LogP contribution in [0.5, 0.6) is 0 Å². The zero-order chi connectivity index (χ0) is 16.6. The van der Waals surface area contributed by atoms with E-state index in [9.17, 15) is 14.0 Å². The van der Waals surface area contributed by atoms with Gasteiger partial charge in [0, 0.05) is 23.9 Å². The van der Waals surface area contributed by atoms with E-state index in [4.69, 9.17) is 5.73 Å². The van der Waals surface area contributed by atoms with Crippen molar-refractivity contribution in [3.63, 3.8) is 0 Å². The topological polar surface area (TPSA) is 78.0 Å². The van der Waals surface area contributed by atoms with Crippen molar-refractivity contribution in [2.24, 2.45) is 5.73 Å². The molecule has 5 nitrogen and oxygen atoms in total. The fraction of sp³-hybridized carbons (Fsp3) is 0.188. The van der Waals surface area contributed by atoms with Crippen LogP contribution >= 0.6 is 11.3 Å². The van der Waals surface area contributed by atoms with E-state index in [0.717, 1.165) is 11.1 Å². The van der Waals surface area contributed by atoms with Crippen LogP contribution in [0, 0.1) is 12.7 Å². The summed E-state index contributed by atoms with van der Waals surface area (Å²) in [5, 5.41) is 2.32. The number of carbonyl (C=O) groups is 1. The maximum absolute atomic E-state index is 13.1. The predicted molar refractivity (Wildman–Crippen MR) is 87.8 cm³/mol. The average Bonchev–Trinajstić information content (AvgIpc) is 2.91. The molecule has 3 rings (SSSR count). The number of nitrogens with zero attached hydrogens (tertiary/aromatic N) is 2. The van der Waals surface area contributed by atoms with E-state index < -0.39 is 5.91 Å². The van der Waals surface area contributed by atoms with Crippen molar-refractivity contribution in [3.05, 3.63) is 51.6 Å². The molecule has 0 unspecified atom stereocenters. The molecule has 0 saturated carbocycles. The zero-order valence-corrected chi connectivity index (χ0v) is 13.2. The van der Waals surface area contributed by atoms with Crippen molar-refractivity contribution >= 4 is 27.5 Å². The molecule has 1 amide bonds. The normalized spacial score (nSPS) is 11.0. The summed E-state index contributed by atoms with van der Waals surface area (Å²) in [5.41, 5.74) is 6.42. The maximum atomic E-state index is 13.1. The molecule has 2 heterocycles. The number of hydrogen-bond donors (Lipinski definition) is 1. The van der Waals surface area contributed by atoms with Gasteiger partial charge < -0.3 is 5.73 Å². The molecule has 0 bridgehead atoms. The van der Waals surface area contributed by atoms with Gasteiger partial charge >= 0.3 is 0 Å². The van der Waals surface area contributed by atoms with Gasteiger partial charge in [0.05, 0.1) is 5.39 Å². The van der Waals surface area contributed by atoms with Gasteiger partial charge in [0.15, 0.2) is 0 Å². The Hall–Kier alpha value is -2.54. The second-order valence-electron chi connectivity index (χ2n) is 5.17. The van der Waals surface area contributed by atoms with Crippen molar-refractivity contribution in [1.29, 1.82) is 0 Å². The summed E-state index contributed by atoms with van der Waals surface area (Å²) < 4.78 is 14.5. The van der Waals surface area contributed by atoms with E-state index in [0.29, 0.717) is 16.0 Å². The Bertz CT molecular complexity index is 944. The van der Waals surface area contributed by atoms with Crippen LogP contribution in [0.25, 0.3) is 21.3 Å². The fourth-order valence-corrected chi connectivity index (χ4v) is 3.44. The number of halogens is 1. The summed E-state index contributed by atoms with van der Waals surface area (Å²) in [6.07, 6.45) is 0.0734. The molecule has 0 aliphatic heterocycles. The van der Waals surface area contributed by atoms with E-state index >= 15 is 0 Å². The molecule has 0 aliphatic carbocycles. The lowest BCUT2D eigenvalue weighted by atomic mass is 10.1. The third-order valence-electron chi connectivity index (χ3n) is 3.62. The van der Waals surface area contributed by atoms with Crippen molar-refractivity contribution in [1.82, 2.24) is 9.55 Å². The van der Waals surface area contributed by atoms with Crippen LogP contribution < -0.4 is 11.3 Å². The van der Waals surface area contributed by atoms with Crippen LogP contribution in [0.1, 0.15) is 12.2 Å². The number of aromatic nitrogens is 2. The number of benzene rings is 1. The zero-order valence-electron chi connectivity index (χ0n) is 12.4. The number of rotatable bonds is 4. The minimum atomic E-state index is -0.472. The van der Waals surface area contributed by atoms with E-state index in [1.807, 2.05) is 5.38 Å². The summed E-state index contributed by atoms with van der Waals surface area (Å²) in [5.74, 6) is -0.266. The number of thiophene rings is 1. The van der Waals surface area contributed by atoms with Crippen LogP contribution in [-0.2, 0) is 11.3 Å². The Morgan fingerprint density at radius 1 is 1.35 bits per heavy atom. The highest BCUT2D eigenvalue weighted by molar-refractivity contribution is 7.17. The summed E-state index contributed by atoms with van der Waals surface area (Å²) in [7, 11) is 0. The lowest BCUT2D eigenvalue weighted by molar-refractivity contribution is -0.118. The first-order chi connectivity index (χ1) is 11.0. The van der Waals surface area contributed by atoms with Crippen LogP contribution in [0.3, 0.4) is 0 Å². The van der Waals surface area contributed by atoms with Crippen molar-refractivity contribution < 1.29 is 9.18 Å². The molecular formula is C16H14FN3O2S. The minimum Gasteiger partial charge on any atom is -0.370 e. The predicted octanol–water partition coefficient (Wildman–Crippen LogP) is 2.45. The molecule has 0 spiro atoms. The van der Waals surface area contributed by atoms with Gasteiger partial charge in [0.25, 0.3) is 5.56 Å². The van der Waals surface area contributed by atoms with Gasteiger partial charge in [-0.15, -0.1) is 11.3 Å². The molecule has 0 fully saturated rings. The molecule has 7 heteroatoms. The highest BCUT2D eigenvalue weighted by Crippen LogP contribution is 2.31. The number of aryl methyl sites for hydroxylation is 1. The summed E-state index contributed by atoms with van der Waals surface area (Å²) in [4.78, 5) is 28.8. The molecule has 0 aliphatic rings. The van der Waals surface area contributed by atoms with Gasteiger partial charge in [-0.2, -0.15) is 0 Å². The largest absolute Gasteiger partial charge is 0.370 e. The number of amides is 1. The fourth-order valence-electron chi connectivity index (χ4n) is 2.45. The molecule has 0 saturated heterocycles. The third-order valence-corrected chi connectivity index (χ3v) is 4.49. The highest BCUT2D eigenvalue weighted by Gasteiger charge is 2.15. The number of carbonyl (C=O) groups excluding carboxylic acids is 1. The average molecular weight is 331 g/mol. The van der Waals surface area contributed by atoms with Crippen LogP contribution in [0.15, 0.2) is 34.4 Å². The van der Waals surface area contributed by atoms with Crippen LogP contribution in [0.4, 0.5) is 4.39 Å². The second kappa shape index (κ2) is 5.92. The first-order valence-corrected chi connectivity index (χ1v) is 7.88. The Balaban J connectivity index is 2.18. The monoisotopic (exact) mass is 331 g/mol. The molecule has 2 aromatic heterocycles. The van der Waals surface area contributed by atoms with Crippen LogP contribution in [0.2, 0.25) is 0 Å². The van der Waals surface area contributed by atoms with Crippen LogP contribution in [-0.4, -0.2) is 15.5 Å². The molecule has 0 radical (unpaired) electrons. The number of hydrogen-bond acceptors (Lipinski definition) is 4. The molecular weight excluding hydrogens is 317 g/mol. The van der Waals surface area contributed by atoms with E-state index in [1.165, 1.54) is 28.0 Å². The molecule has 1 aromatic carbocycles. The van der Waals surface area contributed by atoms with Gasteiger partial charge in [0.2, 0.25) is 5.91 Å². The first-order valence-electron chi connectivity index (χ1n) is 7.00. The van der Waals surface area contributed by atoms with Gasteiger partial charge in [0.1, 0.15) is 16.5 Å². The van der Waals surface area contributed by atoms with Gasteiger partial charge in [-0.3, -0.25) is 14.2 Å². The Labute approximate surface area is 135 Å². The SMILES string of the molecule is Cc1nc2scc(-c3ccc(F)cc3)c2c(=O)n1CCC(N)=O. The molecule has 2 N–H and O–H groups in total. The quantitative estimate of drug-likeness (QED) is 0.797. The third kappa shape index (κ3) is 2.87. The summed E-state index contributed by atoms with van der Waals surface area (Å²) in [6, 6.07) is 5.96. The molecule has 118 valence electrons. The highest BCUT2D eigenvalue weighted by atomic mass is 32.1. The Kier molecular flexibility index (Phi) is 3.96. The first kappa shape index (κ1) is 15.4. The second-order valence-corrected chi connectivity index (χ2v) is 6.03. The summed E-state index contributed by atoms with van der Waals surface area (Å²) in [6.45, 7) is 1.92. The van der Waals surface area contributed by atoms with Crippen molar-refractivity contribution in [2.75, 3.05) is 0 Å². The number of primary amides is 1. The lowest BCUT2D eigenvalue weighted by Gasteiger charge is -2.09. The molecule has 3 aromatic rings. The summed E-state index contributed by atoms with van der Waals surface area (Å²) >= 11 is 1.36. The maximum Gasteiger partial charge on any atom is 0.262 e. The van der Waals surface area contributed by atoms with E-state index in [2.05, 4.69) is 4.98 Å². The van der Waals surface area contributed by atoms with Gasteiger partial charge in [-0.25, -0.2) is 9.37 Å². The van der Waals surface area contributed by atoms with Crippen molar-refractivity contribution in [3.8, 4) is 11.1 Å². The van der Waals surface area contributed by atoms with Gasteiger partial charge in [-0.05, 0) is 24.6 Å². The number of fused-ring (bicyclic) bond motifs is 1. The van der Waals surface area contributed by atoms with Gasteiger partial charge in [-0.1, -0.05) is 12.1 Å². The molecule has 0 atom stereocenters. The lowest BCUT2D eigenvalue weighted by Crippen LogP contribution is -2.26. The standard InChI is InChI=1S/C16H14FN3O2S/c1-9-19-15-14(16(22)20(9)7-6-13(18)21)12(8-23-15)10-2-4-11(17)5-3-10/h2-5,8H,6-7H2,1H3,(H2,18,21). The smallest absolute Gasteiger partial charge is 0.262 e.